The molecule has 0 atom stereocenters. The summed E-state index contributed by atoms with van der Waals surface area (Å²) in [5, 5.41) is 11.9. The first-order chi connectivity index (χ1) is 17.1. The number of nitrogens with zero attached hydrogens (tertiary/aromatic N) is 2. The van der Waals surface area contributed by atoms with Crippen LogP contribution in [0.4, 0.5) is 50.0 Å². The van der Waals surface area contributed by atoms with Gasteiger partial charge in [-0.2, -0.15) is 39.5 Å². The van der Waals surface area contributed by atoms with E-state index in [1.165, 1.54) is 6.07 Å². The van der Waals surface area contributed by atoms with Crippen molar-refractivity contribution in [1.82, 2.24) is 9.80 Å². The molecule has 1 aromatic rings. The summed E-state index contributed by atoms with van der Waals surface area (Å²) in [6, 6.07) is 3.22. The van der Waals surface area contributed by atoms with E-state index in [0.29, 0.717) is 24.9 Å². The van der Waals surface area contributed by atoms with Crippen LogP contribution < -0.4 is 5.32 Å². The number of nitrogens with one attached hydrogen (secondary N) is 1. The topological polar surface area (TPSA) is 65.0 Å². The summed E-state index contributed by atoms with van der Waals surface area (Å²) in [5.41, 5.74) is -0.669. The molecule has 0 aliphatic carbocycles. The number of carbonyl (C=O) groups excluding carboxylic acids is 1. The van der Waals surface area contributed by atoms with E-state index < -0.39 is 41.8 Å². The Morgan fingerprint density at radius 3 is 2.16 bits per heavy atom. The normalized spacial score (nSPS) is 19.1. The molecule has 2 fully saturated rings. The average molecular weight is 551 g/mol. The van der Waals surface area contributed by atoms with Crippen LogP contribution in [0, 0.1) is 0 Å². The molecule has 210 valence electrons. The molecule has 37 heavy (non-hydrogen) atoms. The van der Waals surface area contributed by atoms with Gasteiger partial charge in [0.25, 0.3) is 6.10 Å². The first kappa shape index (κ1) is 29.1. The van der Waals surface area contributed by atoms with Gasteiger partial charge in [0.05, 0.1) is 12.2 Å². The molecule has 1 spiro atoms. The van der Waals surface area contributed by atoms with E-state index in [9.17, 15) is 44.3 Å². The monoisotopic (exact) mass is 551 g/mol. The molecular weight excluding hydrogens is 525 g/mol. The fourth-order valence-corrected chi connectivity index (χ4v) is 4.86. The number of benzene rings is 1. The molecule has 0 saturated carbocycles. The summed E-state index contributed by atoms with van der Waals surface area (Å²) in [5.74, 6) is 0. The number of amides is 1. The smallest absolute Gasteiger partial charge is 0.426 e. The van der Waals surface area contributed by atoms with Crippen LogP contribution in [0.5, 0.6) is 0 Å². The third kappa shape index (κ3) is 6.92. The number of piperidine rings is 1. The lowest BCUT2D eigenvalue weighted by Gasteiger charge is -2.45. The molecule has 0 radical (unpaired) electrons. The lowest BCUT2D eigenvalue weighted by molar-refractivity contribution is -0.308. The molecule has 2 heterocycles. The van der Waals surface area contributed by atoms with Gasteiger partial charge < -0.3 is 20.1 Å². The number of carbonyl (C=O) groups is 1. The zero-order chi connectivity index (χ0) is 27.6. The highest BCUT2D eigenvalue weighted by Gasteiger charge is 2.60. The van der Waals surface area contributed by atoms with Crippen molar-refractivity contribution in [2.75, 3.05) is 38.1 Å². The van der Waals surface area contributed by atoms with Gasteiger partial charge in [0.1, 0.15) is 0 Å². The second-order valence-electron chi connectivity index (χ2n) is 9.10. The Hall–Kier alpha value is -2.42. The number of halogens is 9. The Labute approximate surface area is 206 Å². The van der Waals surface area contributed by atoms with Crippen LogP contribution >= 0.6 is 0 Å². The Bertz CT molecular complexity index is 928. The highest BCUT2D eigenvalue weighted by atomic mass is 19.4. The highest BCUT2D eigenvalue weighted by Crippen LogP contribution is 2.42. The number of anilines is 1. The maximum Gasteiger partial charge on any atom is 0.434 e. The quantitative estimate of drug-likeness (QED) is 0.478. The maximum absolute atomic E-state index is 13.2. The van der Waals surface area contributed by atoms with Gasteiger partial charge in [0, 0.05) is 37.4 Å². The predicted octanol–water partition coefficient (Wildman–Crippen LogP) is 5.17. The van der Waals surface area contributed by atoms with E-state index in [-0.39, 0.29) is 51.3 Å². The van der Waals surface area contributed by atoms with Gasteiger partial charge in [-0.1, -0.05) is 6.07 Å². The number of aliphatic hydroxyl groups is 1. The minimum absolute atomic E-state index is 0.0212. The molecule has 6 nitrogen and oxygen atoms in total. The second-order valence-corrected chi connectivity index (χ2v) is 9.10. The van der Waals surface area contributed by atoms with Crippen molar-refractivity contribution < 1.29 is 54.2 Å². The molecule has 2 aliphatic heterocycles. The summed E-state index contributed by atoms with van der Waals surface area (Å²) in [6.07, 6.45) is -20.3. The molecule has 0 unspecified atom stereocenters. The van der Waals surface area contributed by atoms with Crippen LogP contribution in [0.3, 0.4) is 0 Å². The van der Waals surface area contributed by atoms with Crippen LogP contribution in [0.1, 0.15) is 36.8 Å². The van der Waals surface area contributed by atoms with Crippen molar-refractivity contribution in [3.8, 4) is 0 Å². The van der Waals surface area contributed by atoms with Crippen LogP contribution in [-0.2, 0) is 17.5 Å². The molecule has 1 aromatic carbocycles. The number of aliphatic hydroxyl groups excluding tert-OH is 1. The maximum atomic E-state index is 13.2. The summed E-state index contributed by atoms with van der Waals surface area (Å²) < 4.78 is 120. The van der Waals surface area contributed by atoms with Crippen LogP contribution in [-0.4, -0.2) is 77.8 Å². The van der Waals surface area contributed by atoms with Gasteiger partial charge in [0.2, 0.25) is 0 Å². The minimum atomic E-state index is -5.81. The Balaban J connectivity index is 1.70. The van der Waals surface area contributed by atoms with Gasteiger partial charge in [-0.25, -0.2) is 4.79 Å². The van der Waals surface area contributed by atoms with Gasteiger partial charge in [-0.05, 0) is 49.9 Å². The summed E-state index contributed by atoms with van der Waals surface area (Å²) >= 11 is 0. The van der Waals surface area contributed by atoms with E-state index in [4.69, 9.17) is 5.11 Å². The van der Waals surface area contributed by atoms with Gasteiger partial charge in [0.15, 0.2) is 0 Å². The standard InChI is InChI=1S/C22H26F9N3O3/c23-20(24,25)15-3-2-14(16(12-15)32-7-11-35)13-34-8-1-4-19(34)5-9-33(10-6-19)18(36)37-17(21(26,27)28)22(29,30)31/h2-3,12,17,32,35H,1,4-11,13H2. The molecule has 2 aliphatic rings. The van der Waals surface area contributed by atoms with Gasteiger partial charge in [-0.15, -0.1) is 0 Å². The summed E-state index contributed by atoms with van der Waals surface area (Å²) in [6.45, 7) is 0.225. The molecule has 2 N–H and O–H groups in total. The first-order valence-corrected chi connectivity index (χ1v) is 11.5. The van der Waals surface area contributed by atoms with Crippen molar-refractivity contribution >= 4 is 11.8 Å². The van der Waals surface area contributed by atoms with E-state index in [2.05, 4.69) is 10.1 Å². The molecular formula is C22H26F9N3O3. The fourth-order valence-electron chi connectivity index (χ4n) is 4.86. The zero-order valence-electron chi connectivity index (χ0n) is 19.4. The Morgan fingerprint density at radius 1 is 1.00 bits per heavy atom. The lowest BCUT2D eigenvalue weighted by atomic mass is 9.84. The van der Waals surface area contributed by atoms with E-state index in [1.54, 1.807) is 0 Å². The average Bonchev–Trinajstić information content (AvgIpc) is 3.16. The lowest BCUT2D eigenvalue weighted by Crippen LogP contribution is -2.54. The number of alkyl halides is 9. The minimum Gasteiger partial charge on any atom is -0.426 e. The van der Waals surface area contributed by atoms with Crippen LogP contribution in [0.2, 0.25) is 0 Å². The van der Waals surface area contributed by atoms with Gasteiger partial charge >= 0.3 is 24.6 Å². The Kier molecular flexibility index (Phi) is 8.47. The summed E-state index contributed by atoms with van der Waals surface area (Å²) in [7, 11) is 0. The van der Waals surface area contributed by atoms with Crippen molar-refractivity contribution in [2.45, 2.75) is 62.4 Å². The Morgan fingerprint density at radius 2 is 1.62 bits per heavy atom. The van der Waals surface area contributed by atoms with E-state index >= 15 is 0 Å². The first-order valence-electron chi connectivity index (χ1n) is 11.5. The highest BCUT2D eigenvalue weighted by molar-refractivity contribution is 5.68. The zero-order valence-corrected chi connectivity index (χ0v) is 19.4. The SMILES string of the molecule is O=C(OC(C(F)(F)F)C(F)(F)F)N1CCC2(CCCN2Cc2ccc(C(F)(F)F)cc2NCCO)CC1. The summed E-state index contributed by atoms with van der Waals surface area (Å²) in [4.78, 5) is 14.9. The van der Waals surface area contributed by atoms with E-state index in [1.807, 2.05) is 4.90 Å². The third-order valence-corrected chi connectivity index (χ3v) is 6.73. The van der Waals surface area contributed by atoms with Crippen LogP contribution in [0.25, 0.3) is 0 Å². The molecule has 3 rings (SSSR count). The molecule has 0 bridgehead atoms. The number of hydrogen-bond donors (Lipinski definition) is 2. The van der Waals surface area contributed by atoms with Crippen molar-refractivity contribution in [3.05, 3.63) is 29.3 Å². The number of rotatable bonds is 6. The second kappa shape index (κ2) is 10.8. The van der Waals surface area contributed by atoms with Crippen LogP contribution in [0.15, 0.2) is 18.2 Å². The largest absolute Gasteiger partial charge is 0.434 e. The van der Waals surface area contributed by atoms with Crippen molar-refractivity contribution in [2.24, 2.45) is 0 Å². The van der Waals surface area contributed by atoms with Crippen molar-refractivity contribution in [1.29, 1.82) is 0 Å². The molecule has 15 heteroatoms. The number of likely N-dealkylation sites (tertiary alicyclic amines) is 2. The molecule has 1 amide bonds. The predicted molar refractivity (Wildman–Crippen MR) is 113 cm³/mol. The number of ether oxygens (including phenoxy) is 1. The fraction of sp³-hybridized carbons (Fsp3) is 0.682. The van der Waals surface area contributed by atoms with E-state index in [0.717, 1.165) is 17.0 Å². The molecule has 0 aromatic heterocycles. The third-order valence-electron chi connectivity index (χ3n) is 6.73. The van der Waals surface area contributed by atoms with Gasteiger partial charge in [-0.3, -0.25) is 4.90 Å². The number of hydrogen-bond acceptors (Lipinski definition) is 5. The molecule has 2 saturated heterocycles. The van der Waals surface area contributed by atoms with Crippen molar-refractivity contribution in [3.63, 3.8) is 0 Å².